The third kappa shape index (κ3) is 3.44. The molecule has 1 heterocycles. The molecule has 0 fully saturated rings. The second-order valence-electron chi connectivity index (χ2n) is 5.03. The minimum atomic E-state index is -0.492. The lowest BCUT2D eigenvalue weighted by molar-refractivity contribution is 0.0531. The van der Waals surface area contributed by atoms with Crippen molar-refractivity contribution in [3.8, 4) is 27.8 Å². The number of thiazole rings is 1. The van der Waals surface area contributed by atoms with Crippen LogP contribution in [-0.2, 0) is 4.74 Å². The van der Waals surface area contributed by atoms with Gasteiger partial charge >= 0.3 is 5.97 Å². The normalized spacial score (nSPS) is 13.1. The van der Waals surface area contributed by atoms with Crippen molar-refractivity contribution in [2.45, 2.75) is 13.8 Å². The van der Waals surface area contributed by atoms with Crippen molar-refractivity contribution < 1.29 is 16.4 Å². The third-order valence-corrected chi connectivity index (χ3v) is 4.60. The number of benzene rings is 2. The maximum absolute atomic E-state index is 12.0. The summed E-state index contributed by atoms with van der Waals surface area (Å²) in [5.41, 5.74) is 1.42. The van der Waals surface area contributed by atoms with Gasteiger partial charge in [0.15, 0.2) is 0 Å². The summed E-state index contributed by atoms with van der Waals surface area (Å²) < 4.78 is 44.7. The van der Waals surface area contributed by atoms with Crippen molar-refractivity contribution in [1.82, 2.24) is 4.98 Å². The van der Waals surface area contributed by atoms with E-state index >= 15 is 0 Å². The van der Waals surface area contributed by atoms with Crippen LogP contribution in [0.4, 0.5) is 0 Å². The molecule has 0 spiro atoms. The molecule has 0 bridgehead atoms. The number of hydrogen-bond donors (Lipinski definition) is 0. The fourth-order valence-electron chi connectivity index (χ4n) is 2.28. The smallest absolute Gasteiger partial charge is 0.350 e. The van der Waals surface area contributed by atoms with Gasteiger partial charge in [-0.1, -0.05) is 42.3 Å². The van der Waals surface area contributed by atoms with Crippen LogP contribution in [0.1, 0.15) is 34.7 Å². The molecule has 25 heavy (non-hydrogen) atoms. The topological polar surface area (TPSA) is 63.0 Å². The zero-order chi connectivity index (χ0) is 22.2. The first-order chi connectivity index (χ1) is 14.2. The van der Waals surface area contributed by atoms with E-state index in [1.54, 1.807) is 19.9 Å². The Labute approximate surface area is 157 Å². The SMILES string of the molecule is [2H]c1c([2H])c([2H])c(-c2ccc(-c3nc(C)c(C(=O)OCC)s3)cc2C#N)c([2H])c1[2H]. The molecule has 0 aliphatic heterocycles. The van der Waals surface area contributed by atoms with Gasteiger partial charge in [0.05, 0.1) is 30.8 Å². The van der Waals surface area contributed by atoms with Crippen molar-refractivity contribution in [2.24, 2.45) is 0 Å². The molecule has 5 heteroatoms. The van der Waals surface area contributed by atoms with Crippen LogP contribution < -0.4 is 0 Å². The number of ether oxygens (including phenoxy) is 1. The molecular weight excluding hydrogens is 332 g/mol. The molecule has 0 amide bonds. The van der Waals surface area contributed by atoms with Gasteiger partial charge in [0.2, 0.25) is 0 Å². The highest BCUT2D eigenvalue weighted by Gasteiger charge is 2.18. The summed E-state index contributed by atoms with van der Waals surface area (Å²) >= 11 is 1.14. The number of carbonyl (C=O) groups excluding carboxylic acids is 1. The molecule has 124 valence electrons. The van der Waals surface area contributed by atoms with Crippen molar-refractivity contribution in [1.29, 1.82) is 5.26 Å². The maximum Gasteiger partial charge on any atom is 0.350 e. The number of aryl methyl sites for hydroxylation is 1. The molecule has 3 rings (SSSR count). The van der Waals surface area contributed by atoms with Gasteiger partial charge in [-0.3, -0.25) is 0 Å². The van der Waals surface area contributed by atoms with E-state index in [1.807, 2.05) is 6.07 Å². The third-order valence-electron chi connectivity index (χ3n) is 3.41. The highest BCUT2D eigenvalue weighted by Crippen LogP contribution is 2.32. The molecule has 0 aliphatic rings. The molecule has 0 radical (unpaired) electrons. The Morgan fingerprint density at radius 1 is 1.32 bits per heavy atom. The van der Waals surface area contributed by atoms with Gasteiger partial charge in [-0.25, -0.2) is 9.78 Å². The molecule has 0 N–H and O–H groups in total. The largest absolute Gasteiger partial charge is 0.462 e. The minimum absolute atomic E-state index is 0.0355. The first kappa shape index (κ1) is 11.6. The van der Waals surface area contributed by atoms with Crippen molar-refractivity contribution in [3.05, 3.63) is 64.5 Å². The number of aromatic nitrogens is 1. The van der Waals surface area contributed by atoms with Crippen LogP contribution in [-0.4, -0.2) is 17.6 Å². The lowest BCUT2D eigenvalue weighted by Crippen LogP contribution is -2.03. The first-order valence-electron chi connectivity index (χ1n) is 9.97. The Bertz CT molecular complexity index is 1190. The summed E-state index contributed by atoms with van der Waals surface area (Å²) in [5.74, 6) is -0.463. The quantitative estimate of drug-likeness (QED) is 0.630. The standard InChI is InChI=1S/C20H16N2O2S/c1-3-24-20(23)18-13(2)22-19(25-18)15-9-10-17(16(11-15)12-21)14-7-5-4-6-8-14/h4-11H,3H2,1-2H3/i4D,5D,6D,7D,8D. The van der Waals surface area contributed by atoms with E-state index in [2.05, 4.69) is 4.98 Å². The fraction of sp³-hybridized carbons (Fsp3) is 0.150. The van der Waals surface area contributed by atoms with Crippen LogP contribution in [0.25, 0.3) is 21.7 Å². The molecule has 3 aromatic rings. The minimum Gasteiger partial charge on any atom is -0.462 e. The van der Waals surface area contributed by atoms with Gasteiger partial charge < -0.3 is 4.74 Å². The Hall–Kier alpha value is -2.97. The number of nitrogens with zero attached hydrogens (tertiary/aromatic N) is 2. The number of nitriles is 1. The molecule has 1 aromatic heterocycles. The van der Waals surface area contributed by atoms with Crippen LogP contribution in [0.3, 0.4) is 0 Å². The Balaban J connectivity index is 2.14. The number of rotatable bonds is 4. The highest BCUT2D eigenvalue weighted by molar-refractivity contribution is 7.17. The predicted octanol–water partition coefficient (Wildman–Crippen LogP) is 4.83. The van der Waals surface area contributed by atoms with E-state index in [9.17, 15) is 10.1 Å². The van der Waals surface area contributed by atoms with Crippen molar-refractivity contribution in [3.63, 3.8) is 0 Å². The van der Waals surface area contributed by atoms with Gasteiger partial charge in [0, 0.05) is 5.56 Å². The van der Waals surface area contributed by atoms with E-state index in [-0.39, 0.29) is 35.4 Å². The zero-order valence-electron chi connectivity index (χ0n) is 18.6. The fourth-order valence-corrected chi connectivity index (χ4v) is 3.23. The highest BCUT2D eigenvalue weighted by atomic mass is 32.1. The van der Waals surface area contributed by atoms with E-state index in [4.69, 9.17) is 11.6 Å². The van der Waals surface area contributed by atoms with E-state index in [0.29, 0.717) is 21.1 Å². The van der Waals surface area contributed by atoms with Gasteiger partial charge in [-0.2, -0.15) is 5.26 Å². The summed E-state index contributed by atoms with van der Waals surface area (Å²) in [6.07, 6.45) is 0. The second-order valence-corrected chi connectivity index (χ2v) is 6.03. The lowest BCUT2D eigenvalue weighted by atomic mass is 9.98. The molecule has 0 atom stereocenters. The molecule has 4 nitrogen and oxygen atoms in total. The van der Waals surface area contributed by atoms with Crippen molar-refractivity contribution >= 4 is 17.3 Å². The predicted molar refractivity (Wildman–Crippen MR) is 98.4 cm³/mol. The van der Waals surface area contributed by atoms with Crippen LogP contribution in [0.15, 0.2) is 48.4 Å². The number of esters is 1. The zero-order valence-corrected chi connectivity index (χ0v) is 14.4. The van der Waals surface area contributed by atoms with Crippen LogP contribution in [0.5, 0.6) is 0 Å². The van der Waals surface area contributed by atoms with Crippen LogP contribution in [0.2, 0.25) is 0 Å². The Kier molecular flexibility index (Phi) is 3.37. The first-order valence-corrected chi connectivity index (χ1v) is 8.29. The molecule has 0 saturated carbocycles. The van der Waals surface area contributed by atoms with Gasteiger partial charge in [-0.15, -0.1) is 11.3 Å². The Morgan fingerprint density at radius 3 is 2.76 bits per heavy atom. The summed E-state index contributed by atoms with van der Waals surface area (Å²) in [6, 6.07) is 4.56. The molecular formula is C20H16N2O2S. The summed E-state index contributed by atoms with van der Waals surface area (Å²) in [6.45, 7) is 3.65. The monoisotopic (exact) mass is 353 g/mol. The van der Waals surface area contributed by atoms with E-state index in [1.165, 1.54) is 12.1 Å². The number of carbonyl (C=O) groups is 1. The molecule has 2 aromatic carbocycles. The molecule has 0 unspecified atom stereocenters. The van der Waals surface area contributed by atoms with Crippen LogP contribution >= 0.6 is 11.3 Å². The lowest BCUT2D eigenvalue weighted by Gasteiger charge is -2.06. The summed E-state index contributed by atoms with van der Waals surface area (Å²) in [5, 5.41) is 10.2. The summed E-state index contributed by atoms with van der Waals surface area (Å²) in [4.78, 5) is 16.8. The van der Waals surface area contributed by atoms with E-state index in [0.717, 1.165) is 11.3 Å². The van der Waals surface area contributed by atoms with Gasteiger partial charge in [0.1, 0.15) is 9.88 Å². The molecule has 0 aliphatic carbocycles. The summed E-state index contributed by atoms with van der Waals surface area (Å²) in [7, 11) is 0. The average molecular weight is 353 g/mol. The average Bonchev–Trinajstić information content (AvgIpc) is 3.13. The number of hydrogen-bond acceptors (Lipinski definition) is 5. The van der Waals surface area contributed by atoms with Gasteiger partial charge in [0.25, 0.3) is 0 Å². The second kappa shape index (κ2) is 7.29. The van der Waals surface area contributed by atoms with E-state index < -0.39 is 24.1 Å². The Morgan fingerprint density at radius 2 is 2.08 bits per heavy atom. The maximum atomic E-state index is 12.0. The van der Waals surface area contributed by atoms with Crippen LogP contribution in [0, 0.1) is 18.3 Å². The van der Waals surface area contributed by atoms with Gasteiger partial charge in [-0.05, 0) is 31.0 Å². The van der Waals surface area contributed by atoms with Crippen molar-refractivity contribution in [2.75, 3.05) is 6.61 Å². The molecule has 0 saturated heterocycles.